The smallest absolute Gasteiger partial charge is 0.246 e. The first-order valence-corrected chi connectivity index (χ1v) is 13.6. The number of benzene rings is 1. The Morgan fingerprint density at radius 1 is 1.10 bits per heavy atom. The number of amides is 1. The summed E-state index contributed by atoms with van der Waals surface area (Å²) in [5.41, 5.74) is 3.29. The Labute approximate surface area is 234 Å². The number of pyridine rings is 2. The summed E-state index contributed by atoms with van der Waals surface area (Å²) in [7, 11) is 0. The van der Waals surface area contributed by atoms with Crippen LogP contribution in [0, 0.1) is 12.7 Å². The summed E-state index contributed by atoms with van der Waals surface area (Å²) in [6, 6.07) is 11.0. The van der Waals surface area contributed by atoms with E-state index in [-0.39, 0.29) is 29.6 Å². The Morgan fingerprint density at radius 3 is 2.85 bits per heavy atom. The number of hydrogen-bond acceptors (Lipinski definition) is 8. The van der Waals surface area contributed by atoms with Gasteiger partial charge in [-0.15, -0.1) is 0 Å². The molecule has 0 aliphatic carbocycles. The number of aromatic nitrogens is 6. The molecule has 2 bridgehead atoms. The molecular formula is C30H27FN8O2. The minimum atomic E-state index is -0.461. The molecule has 2 saturated heterocycles. The Kier molecular flexibility index (Phi) is 6.06. The molecule has 4 aromatic heterocycles. The number of nitrogens with one attached hydrogen (secondary N) is 1. The van der Waals surface area contributed by atoms with E-state index < -0.39 is 5.82 Å². The van der Waals surface area contributed by atoms with Crippen LogP contribution in [0.3, 0.4) is 0 Å². The largest absolute Gasteiger partial charge is 0.457 e. The second-order valence-electron chi connectivity index (χ2n) is 10.5. The lowest BCUT2D eigenvalue weighted by molar-refractivity contribution is -0.130. The number of ether oxygens (including phenoxy) is 1. The lowest BCUT2D eigenvalue weighted by atomic mass is 9.87. The molecule has 41 heavy (non-hydrogen) atoms. The first-order valence-electron chi connectivity index (χ1n) is 13.6. The van der Waals surface area contributed by atoms with Gasteiger partial charge in [0.1, 0.15) is 29.7 Å². The van der Waals surface area contributed by atoms with Crippen molar-refractivity contribution in [1.82, 2.24) is 34.4 Å². The van der Waals surface area contributed by atoms with Gasteiger partial charge in [0.25, 0.3) is 0 Å². The second-order valence-corrected chi connectivity index (χ2v) is 10.5. The summed E-state index contributed by atoms with van der Waals surface area (Å²) in [5, 5.41) is 7.20. The van der Waals surface area contributed by atoms with Crippen molar-refractivity contribution >= 4 is 34.1 Å². The zero-order valence-electron chi connectivity index (χ0n) is 22.4. The van der Waals surface area contributed by atoms with Crippen molar-refractivity contribution in [2.45, 2.75) is 50.6 Å². The predicted molar refractivity (Wildman–Crippen MR) is 151 cm³/mol. The fraction of sp³-hybridized carbons (Fsp3) is 0.267. The van der Waals surface area contributed by atoms with Gasteiger partial charge in [0, 0.05) is 41.5 Å². The highest BCUT2D eigenvalue weighted by Crippen LogP contribution is 2.44. The molecule has 11 heteroatoms. The third kappa shape index (κ3) is 4.33. The summed E-state index contributed by atoms with van der Waals surface area (Å²) in [6.45, 7) is 5.36. The molecule has 2 aliphatic rings. The van der Waals surface area contributed by atoms with E-state index in [9.17, 15) is 4.79 Å². The monoisotopic (exact) mass is 550 g/mol. The van der Waals surface area contributed by atoms with E-state index in [0.717, 1.165) is 31.4 Å². The molecule has 2 aliphatic heterocycles. The molecule has 1 amide bonds. The van der Waals surface area contributed by atoms with Crippen molar-refractivity contribution in [2.24, 2.45) is 0 Å². The molecular weight excluding hydrogens is 523 g/mol. The van der Waals surface area contributed by atoms with Crippen LogP contribution in [0.5, 0.6) is 11.5 Å². The normalized spacial score (nSPS) is 20.0. The molecule has 0 unspecified atom stereocenters. The molecule has 0 saturated carbocycles. The molecule has 7 rings (SSSR count). The molecule has 2 fully saturated rings. The highest BCUT2D eigenvalue weighted by molar-refractivity contribution is 5.88. The lowest BCUT2D eigenvalue weighted by Gasteiger charge is -2.39. The molecule has 1 N–H and O–H groups in total. The predicted octanol–water partition coefficient (Wildman–Crippen LogP) is 5.47. The van der Waals surface area contributed by atoms with Gasteiger partial charge in [-0.2, -0.15) is 5.10 Å². The average molecular weight is 551 g/mol. The van der Waals surface area contributed by atoms with Crippen LogP contribution in [0.4, 0.5) is 15.9 Å². The zero-order valence-corrected chi connectivity index (χ0v) is 22.4. The standard InChI is InChI=1S/C30H27FN8O2/c1-3-27(40)39-18-4-6-20(24(39)10-5-18)21-7-8-23-29(36-21)30(34-15-32-23)37-22-9-11-25(17(2)28(22)31)41-19-12-13-38-26(14-19)33-16-35-38/h3,7-9,11-16,18,20,24H,1,4-6,10H2,2H3,(H,32,34,37)/t18-,20+,24-/m1/s1. The van der Waals surface area contributed by atoms with Crippen LogP contribution in [0.2, 0.25) is 0 Å². The number of anilines is 2. The minimum Gasteiger partial charge on any atom is -0.457 e. The van der Waals surface area contributed by atoms with Crippen molar-refractivity contribution in [3.63, 3.8) is 0 Å². The summed E-state index contributed by atoms with van der Waals surface area (Å²) >= 11 is 0. The van der Waals surface area contributed by atoms with Crippen molar-refractivity contribution in [1.29, 1.82) is 0 Å². The Balaban J connectivity index is 1.18. The van der Waals surface area contributed by atoms with Crippen molar-refractivity contribution in [2.75, 3.05) is 5.32 Å². The lowest BCUT2D eigenvalue weighted by Crippen LogP contribution is -2.46. The Bertz CT molecular complexity index is 1820. The molecule has 1 aromatic carbocycles. The van der Waals surface area contributed by atoms with E-state index >= 15 is 4.39 Å². The van der Waals surface area contributed by atoms with Crippen molar-refractivity contribution in [3.8, 4) is 11.5 Å². The maximum atomic E-state index is 15.6. The number of piperidine rings is 1. The summed E-state index contributed by atoms with van der Waals surface area (Å²) < 4.78 is 23.2. The number of carbonyl (C=O) groups excluding carboxylic acids is 1. The maximum Gasteiger partial charge on any atom is 0.246 e. The van der Waals surface area contributed by atoms with Gasteiger partial charge < -0.3 is 15.0 Å². The highest BCUT2D eigenvalue weighted by atomic mass is 19.1. The molecule has 10 nitrogen and oxygen atoms in total. The molecule has 6 heterocycles. The third-order valence-electron chi connectivity index (χ3n) is 8.20. The summed E-state index contributed by atoms with van der Waals surface area (Å²) in [4.78, 5) is 32.5. The zero-order chi connectivity index (χ0) is 28.1. The fourth-order valence-corrected chi connectivity index (χ4v) is 6.19. The van der Waals surface area contributed by atoms with Crippen LogP contribution in [0.1, 0.15) is 42.9 Å². The number of nitrogens with zero attached hydrogens (tertiary/aromatic N) is 7. The van der Waals surface area contributed by atoms with Gasteiger partial charge in [-0.3, -0.25) is 4.79 Å². The molecule has 0 radical (unpaired) electrons. The van der Waals surface area contributed by atoms with Gasteiger partial charge >= 0.3 is 0 Å². The Hall–Kier alpha value is -4.93. The van der Waals surface area contributed by atoms with Gasteiger partial charge in [-0.1, -0.05) is 6.58 Å². The van der Waals surface area contributed by atoms with E-state index in [2.05, 4.69) is 31.9 Å². The van der Waals surface area contributed by atoms with Crippen LogP contribution in [0.15, 0.2) is 67.9 Å². The molecule has 5 aromatic rings. The second kappa shape index (κ2) is 9.92. The Morgan fingerprint density at radius 2 is 1.98 bits per heavy atom. The first kappa shape index (κ1) is 25.1. The number of hydrogen-bond donors (Lipinski definition) is 1. The first-order chi connectivity index (χ1) is 20.0. The van der Waals surface area contributed by atoms with Crippen molar-refractivity contribution < 1.29 is 13.9 Å². The number of halogens is 1. The number of fused-ring (bicyclic) bond motifs is 4. The van der Waals surface area contributed by atoms with Crippen molar-refractivity contribution in [3.05, 3.63) is 85.0 Å². The van der Waals surface area contributed by atoms with Gasteiger partial charge in [0.2, 0.25) is 5.91 Å². The molecule has 0 spiro atoms. The van der Waals surface area contributed by atoms with E-state index in [1.165, 1.54) is 18.7 Å². The van der Waals surface area contributed by atoms with Crippen LogP contribution >= 0.6 is 0 Å². The molecule has 206 valence electrons. The molecule has 3 atom stereocenters. The van der Waals surface area contributed by atoms with Crippen LogP contribution in [0.25, 0.3) is 16.7 Å². The van der Waals surface area contributed by atoms with Gasteiger partial charge in [-0.05, 0) is 69.0 Å². The summed E-state index contributed by atoms with van der Waals surface area (Å²) in [5.74, 6) is 0.929. The topological polar surface area (TPSA) is 110 Å². The van der Waals surface area contributed by atoms with Crippen LogP contribution in [-0.4, -0.2) is 52.4 Å². The van der Waals surface area contributed by atoms with E-state index in [4.69, 9.17) is 9.72 Å². The summed E-state index contributed by atoms with van der Waals surface area (Å²) in [6.07, 6.45) is 9.84. The van der Waals surface area contributed by atoms with E-state index in [0.29, 0.717) is 39.6 Å². The van der Waals surface area contributed by atoms with Crippen LogP contribution < -0.4 is 10.1 Å². The minimum absolute atomic E-state index is 0.0222. The van der Waals surface area contributed by atoms with Gasteiger partial charge in [0.15, 0.2) is 17.3 Å². The number of rotatable bonds is 6. The average Bonchev–Trinajstić information content (AvgIpc) is 3.58. The number of carbonyl (C=O) groups is 1. The maximum absolute atomic E-state index is 15.6. The third-order valence-corrected chi connectivity index (χ3v) is 8.20. The van der Waals surface area contributed by atoms with Gasteiger partial charge in [-0.25, -0.2) is 28.8 Å². The highest BCUT2D eigenvalue weighted by Gasteiger charge is 2.45. The van der Waals surface area contributed by atoms with Crippen LogP contribution in [-0.2, 0) is 4.79 Å². The van der Waals surface area contributed by atoms with E-state index in [1.807, 2.05) is 17.0 Å². The van der Waals surface area contributed by atoms with E-state index in [1.54, 1.807) is 41.9 Å². The van der Waals surface area contributed by atoms with Gasteiger partial charge in [0.05, 0.1) is 11.2 Å². The SMILES string of the molecule is C=CC(=O)N1[C@H]2CC[C@@H]1[C@H](c1ccc3ncnc(Nc4ccc(Oc5ccn6ncnc6c5)c(C)c4F)c3n1)CC2. The fourth-order valence-electron chi connectivity index (χ4n) is 6.19. The quantitative estimate of drug-likeness (QED) is 0.277.